The molecular formula is C12H19BrN2OS. The fourth-order valence-electron chi connectivity index (χ4n) is 1.56. The highest BCUT2D eigenvalue weighted by Crippen LogP contribution is 2.21. The molecule has 1 rings (SSSR count). The molecule has 0 aliphatic carbocycles. The van der Waals surface area contributed by atoms with Crippen LogP contribution in [0.4, 0.5) is 0 Å². The summed E-state index contributed by atoms with van der Waals surface area (Å²) in [5.41, 5.74) is 5.61. The van der Waals surface area contributed by atoms with Gasteiger partial charge in [0.25, 0.3) is 0 Å². The molecule has 0 saturated carbocycles. The van der Waals surface area contributed by atoms with Gasteiger partial charge in [-0.25, -0.2) is 0 Å². The van der Waals surface area contributed by atoms with E-state index in [4.69, 9.17) is 5.73 Å². The van der Waals surface area contributed by atoms with E-state index in [1.54, 1.807) is 16.2 Å². The number of hydrogen-bond donors (Lipinski definition) is 1. The molecule has 1 amide bonds. The van der Waals surface area contributed by atoms with Gasteiger partial charge in [-0.2, -0.15) is 0 Å². The molecule has 96 valence electrons. The topological polar surface area (TPSA) is 46.3 Å². The van der Waals surface area contributed by atoms with Crippen LogP contribution in [0.5, 0.6) is 0 Å². The van der Waals surface area contributed by atoms with Crippen molar-refractivity contribution in [2.24, 2.45) is 11.7 Å². The Balaban J connectivity index is 2.46. The zero-order chi connectivity index (χ0) is 12.8. The molecule has 1 heterocycles. The Morgan fingerprint density at radius 2 is 2.35 bits per heavy atom. The molecule has 1 unspecified atom stereocenters. The first kappa shape index (κ1) is 14.7. The second-order valence-electron chi connectivity index (χ2n) is 4.20. The van der Waals surface area contributed by atoms with Gasteiger partial charge in [0.2, 0.25) is 5.91 Å². The minimum Gasteiger partial charge on any atom is -0.341 e. The SMILES string of the molecule is CCC(CN)CC(=O)N(C)Cc1cc(Br)cs1. The van der Waals surface area contributed by atoms with Crippen molar-refractivity contribution in [3.05, 3.63) is 20.8 Å². The first-order valence-corrected chi connectivity index (χ1v) is 7.41. The molecule has 1 aromatic heterocycles. The van der Waals surface area contributed by atoms with E-state index in [2.05, 4.69) is 28.9 Å². The maximum atomic E-state index is 11.9. The lowest BCUT2D eigenvalue weighted by Gasteiger charge is -2.19. The van der Waals surface area contributed by atoms with E-state index < -0.39 is 0 Å². The van der Waals surface area contributed by atoms with E-state index in [-0.39, 0.29) is 5.91 Å². The minimum absolute atomic E-state index is 0.173. The van der Waals surface area contributed by atoms with E-state index >= 15 is 0 Å². The van der Waals surface area contributed by atoms with E-state index in [0.717, 1.165) is 10.9 Å². The highest BCUT2D eigenvalue weighted by atomic mass is 79.9. The lowest BCUT2D eigenvalue weighted by Crippen LogP contribution is -2.29. The molecule has 0 bridgehead atoms. The summed E-state index contributed by atoms with van der Waals surface area (Å²) in [6, 6.07) is 2.05. The van der Waals surface area contributed by atoms with Crippen LogP contribution in [0.3, 0.4) is 0 Å². The van der Waals surface area contributed by atoms with Gasteiger partial charge in [0.05, 0.1) is 6.54 Å². The van der Waals surface area contributed by atoms with Crippen molar-refractivity contribution in [2.45, 2.75) is 26.3 Å². The number of nitrogens with zero attached hydrogens (tertiary/aromatic N) is 1. The fourth-order valence-corrected chi connectivity index (χ4v) is 3.06. The second-order valence-corrected chi connectivity index (χ2v) is 6.11. The van der Waals surface area contributed by atoms with Crippen molar-refractivity contribution in [3.63, 3.8) is 0 Å². The molecule has 17 heavy (non-hydrogen) atoms. The molecule has 0 saturated heterocycles. The van der Waals surface area contributed by atoms with E-state index in [1.165, 1.54) is 4.88 Å². The van der Waals surface area contributed by atoms with Crippen molar-refractivity contribution in [2.75, 3.05) is 13.6 Å². The average molecular weight is 319 g/mol. The van der Waals surface area contributed by atoms with Gasteiger partial charge in [-0.3, -0.25) is 4.79 Å². The highest BCUT2D eigenvalue weighted by molar-refractivity contribution is 9.10. The molecule has 3 nitrogen and oxygen atoms in total. The molecule has 0 aromatic carbocycles. The fraction of sp³-hybridized carbons (Fsp3) is 0.583. The van der Waals surface area contributed by atoms with Crippen molar-refractivity contribution in [3.8, 4) is 0 Å². The third-order valence-corrected chi connectivity index (χ3v) is 4.50. The van der Waals surface area contributed by atoms with Crippen molar-refractivity contribution in [1.82, 2.24) is 4.90 Å². The summed E-state index contributed by atoms with van der Waals surface area (Å²) in [7, 11) is 1.85. The van der Waals surface area contributed by atoms with Gasteiger partial charge >= 0.3 is 0 Å². The molecule has 0 aliphatic rings. The van der Waals surface area contributed by atoms with Crippen LogP contribution < -0.4 is 5.73 Å². The van der Waals surface area contributed by atoms with Crippen molar-refractivity contribution >= 4 is 33.2 Å². The molecule has 5 heteroatoms. The second kappa shape index (κ2) is 7.13. The molecular weight excluding hydrogens is 300 g/mol. The number of carbonyl (C=O) groups is 1. The molecule has 2 N–H and O–H groups in total. The van der Waals surface area contributed by atoms with E-state index in [1.807, 2.05) is 12.4 Å². The molecule has 0 radical (unpaired) electrons. The predicted molar refractivity (Wildman–Crippen MR) is 75.9 cm³/mol. The lowest BCUT2D eigenvalue weighted by molar-refractivity contribution is -0.131. The summed E-state index contributed by atoms with van der Waals surface area (Å²) in [6.45, 7) is 3.33. The van der Waals surface area contributed by atoms with Crippen molar-refractivity contribution in [1.29, 1.82) is 0 Å². The van der Waals surface area contributed by atoms with Gasteiger partial charge in [-0.05, 0) is 34.5 Å². The smallest absolute Gasteiger partial charge is 0.222 e. The number of hydrogen-bond acceptors (Lipinski definition) is 3. The van der Waals surface area contributed by atoms with Crippen LogP contribution in [-0.2, 0) is 11.3 Å². The Morgan fingerprint density at radius 1 is 1.65 bits per heavy atom. The zero-order valence-corrected chi connectivity index (χ0v) is 12.7. The van der Waals surface area contributed by atoms with Crippen LogP contribution in [0.1, 0.15) is 24.6 Å². The first-order chi connectivity index (χ1) is 8.06. The molecule has 1 aromatic rings. The Morgan fingerprint density at radius 3 is 2.82 bits per heavy atom. The summed E-state index contributed by atoms with van der Waals surface area (Å²) in [4.78, 5) is 14.9. The standard InChI is InChI=1S/C12H19BrN2OS/c1-3-9(6-14)4-12(16)15(2)7-11-5-10(13)8-17-11/h5,8-9H,3-4,6-7,14H2,1-2H3. The molecule has 0 spiro atoms. The minimum atomic E-state index is 0.173. The summed E-state index contributed by atoms with van der Waals surface area (Å²) < 4.78 is 1.08. The van der Waals surface area contributed by atoms with Gasteiger partial charge in [0.1, 0.15) is 0 Å². The van der Waals surface area contributed by atoms with Gasteiger partial charge in [-0.15, -0.1) is 11.3 Å². The molecule has 0 fully saturated rings. The number of carbonyl (C=O) groups excluding carboxylic acids is 1. The summed E-state index contributed by atoms with van der Waals surface area (Å²) in [6.07, 6.45) is 1.51. The van der Waals surface area contributed by atoms with E-state index in [0.29, 0.717) is 25.4 Å². The Labute approximate surface area is 115 Å². The van der Waals surface area contributed by atoms with Crippen LogP contribution >= 0.6 is 27.3 Å². The maximum absolute atomic E-state index is 11.9. The summed E-state index contributed by atoms with van der Waals surface area (Å²) >= 11 is 5.07. The predicted octanol–water partition coefficient (Wildman–Crippen LogP) is 2.84. The van der Waals surface area contributed by atoms with E-state index in [9.17, 15) is 4.79 Å². The van der Waals surface area contributed by atoms with Crippen LogP contribution in [0.15, 0.2) is 15.9 Å². The number of nitrogens with two attached hydrogens (primary N) is 1. The number of thiophene rings is 1. The molecule has 1 atom stereocenters. The zero-order valence-electron chi connectivity index (χ0n) is 10.3. The van der Waals surface area contributed by atoms with Gasteiger partial charge in [-0.1, -0.05) is 13.3 Å². The maximum Gasteiger partial charge on any atom is 0.222 e. The number of halogens is 1. The quantitative estimate of drug-likeness (QED) is 0.876. The normalized spacial score (nSPS) is 12.5. The largest absolute Gasteiger partial charge is 0.341 e. The van der Waals surface area contributed by atoms with Crippen LogP contribution in [0, 0.1) is 5.92 Å². The summed E-state index contributed by atoms with van der Waals surface area (Å²) in [5, 5.41) is 2.03. The third kappa shape index (κ3) is 4.77. The Bertz CT molecular complexity index is 363. The van der Waals surface area contributed by atoms with Gasteiger partial charge < -0.3 is 10.6 Å². The highest BCUT2D eigenvalue weighted by Gasteiger charge is 2.15. The lowest BCUT2D eigenvalue weighted by atomic mass is 10.0. The van der Waals surface area contributed by atoms with Crippen LogP contribution in [-0.4, -0.2) is 24.4 Å². The van der Waals surface area contributed by atoms with Crippen molar-refractivity contribution < 1.29 is 4.79 Å². The third-order valence-electron chi connectivity index (χ3n) is 2.81. The summed E-state index contributed by atoms with van der Waals surface area (Å²) in [5.74, 6) is 0.479. The monoisotopic (exact) mass is 318 g/mol. The number of rotatable bonds is 6. The first-order valence-electron chi connectivity index (χ1n) is 5.73. The van der Waals surface area contributed by atoms with Gasteiger partial charge in [0.15, 0.2) is 0 Å². The van der Waals surface area contributed by atoms with Gasteiger partial charge in [0, 0.05) is 28.2 Å². The van der Waals surface area contributed by atoms with Crippen LogP contribution in [0.2, 0.25) is 0 Å². The Kier molecular flexibility index (Phi) is 6.16. The van der Waals surface area contributed by atoms with Crippen LogP contribution in [0.25, 0.3) is 0 Å². The average Bonchev–Trinajstić information content (AvgIpc) is 2.71. The number of amides is 1. The molecule has 0 aliphatic heterocycles. The Hall–Kier alpha value is -0.390.